The van der Waals surface area contributed by atoms with Crippen LogP contribution in [-0.2, 0) is 12.0 Å². The normalized spacial score (nSPS) is 19.6. The maximum atomic E-state index is 11.4. The fourth-order valence-electron chi connectivity index (χ4n) is 4.03. The average Bonchev–Trinajstić information content (AvgIpc) is 2.82. The number of nitrogens with zero attached hydrogens (tertiary/aromatic N) is 2. The van der Waals surface area contributed by atoms with Gasteiger partial charge in [0.15, 0.2) is 0 Å². The van der Waals surface area contributed by atoms with Crippen LogP contribution in [0.25, 0.3) is 0 Å². The van der Waals surface area contributed by atoms with Gasteiger partial charge in [-0.15, -0.1) is 0 Å². The van der Waals surface area contributed by atoms with Gasteiger partial charge in [-0.1, -0.05) is 18.2 Å². The van der Waals surface area contributed by atoms with Crippen molar-refractivity contribution < 1.29 is 0 Å². The van der Waals surface area contributed by atoms with Crippen LogP contribution in [-0.4, -0.2) is 28.7 Å². The Bertz CT molecular complexity index is 813. The van der Waals surface area contributed by atoms with Gasteiger partial charge in [0.25, 0.3) is 0 Å². The molecule has 1 spiro atoms. The Hall–Kier alpha value is -2.20. The van der Waals surface area contributed by atoms with Crippen molar-refractivity contribution in [3.63, 3.8) is 0 Å². The molecule has 0 amide bonds. The maximum Gasteiger partial charge on any atom is 0.248 e. The van der Waals surface area contributed by atoms with Crippen molar-refractivity contribution in [1.82, 2.24) is 9.88 Å². The molecule has 2 aliphatic rings. The van der Waals surface area contributed by atoms with Crippen molar-refractivity contribution in [3.8, 4) is 0 Å². The Balaban J connectivity index is 1.51. The summed E-state index contributed by atoms with van der Waals surface area (Å²) >= 11 is 0. The van der Waals surface area contributed by atoms with E-state index in [4.69, 9.17) is 4.99 Å². The molecule has 2 aromatic rings. The van der Waals surface area contributed by atoms with Crippen LogP contribution in [0.5, 0.6) is 0 Å². The van der Waals surface area contributed by atoms with E-state index >= 15 is 0 Å². The van der Waals surface area contributed by atoms with Crippen molar-refractivity contribution in [2.24, 2.45) is 4.99 Å². The second-order valence-electron chi connectivity index (χ2n) is 6.63. The molecule has 23 heavy (non-hydrogen) atoms. The number of hydrogen-bond acceptors (Lipinski definition) is 3. The van der Waals surface area contributed by atoms with Crippen LogP contribution in [0.15, 0.2) is 52.4 Å². The summed E-state index contributed by atoms with van der Waals surface area (Å²) in [7, 11) is 0. The van der Waals surface area contributed by atoms with Gasteiger partial charge < -0.3 is 4.98 Å². The summed E-state index contributed by atoms with van der Waals surface area (Å²) in [5.74, 6) is 0. The van der Waals surface area contributed by atoms with Crippen LogP contribution < -0.4 is 5.56 Å². The van der Waals surface area contributed by atoms with Crippen molar-refractivity contribution in [2.75, 3.05) is 13.1 Å². The zero-order chi connectivity index (χ0) is 15.9. The molecule has 1 N–H and O–H groups in total. The van der Waals surface area contributed by atoms with E-state index in [9.17, 15) is 4.79 Å². The number of H-pyrrole nitrogens is 1. The number of rotatable bonds is 2. The molecule has 0 aliphatic carbocycles. The molecule has 2 aliphatic heterocycles. The number of aromatic nitrogens is 1. The number of aromatic amines is 1. The van der Waals surface area contributed by atoms with Crippen molar-refractivity contribution in [1.29, 1.82) is 0 Å². The molecule has 1 aromatic heterocycles. The Labute approximate surface area is 135 Å². The predicted molar refractivity (Wildman–Crippen MR) is 92.5 cm³/mol. The zero-order valence-corrected chi connectivity index (χ0v) is 13.4. The third-order valence-electron chi connectivity index (χ3n) is 5.36. The van der Waals surface area contributed by atoms with E-state index < -0.39 is 0 Å². The molecular formula is C19H21N3O. The third-order valence-corrected chi connectivity index (χ3v) is 5.36. The lowest BCUT2D eigenvalue weighted by molar-refractivity contribution is 0.185. The molecule has 0 saturated carbocycles. The highest BCUT2D eigenvalue weighted by atomic mass is 16.1. The smallest absolute Gasteiger partial charge is 0.248 e. The van der Waals surface area contributed by atoms with Gasteiger partial charge >= 0.3 is 0 Å². The fraction of sp³-hybridized carbons (Fsp3) is 0.368. The summed E-state index contributed by atoms with van der Waals surface area (Å²) in [6.07, 6.45) is 3.93. The van der Waals surface area contributed by atoms with Gasteiger partial charge in [-0.3, -0.25) is 14.7 Å². The van der Waals surface area contributed by atoms with Crippen LogP contribution in [0.2, 0.25) is 0 Å². The number of piperidine rings is 1. The Kier molecular flexibility index (Phi) is 3.42. The molecule has 0 unspecified atom stereocenters. The monoisotopic (exact) mass is 307 g/mol. The van der Waals surface area contributed by atoms with E-state index in [2.05, 4.69) is 41.1 Å². The number of para-hydroxylation sites is 1. The molecule has 4 rings (SSSR count). The highest BCUT2D eigenvalue weighted by Crippen LogP contribution is 2.46. The molecular weight excluding hydrogens is 286 g/mol. The Morgan fingerprint density at radius 1 is 1.22 bits per heavy atom. The Morgan fingerprint density at radius 3 is 2.78 bits per heavy atom. The van der Waals surface area contributed by atoms with Crippen LogP contribution in [0.1, 0.15) is 30.9 Å². The molecule has 4 heteroatoms. The topological polar surface area (TPSA) is 48.5 Å². The number of benzene rings is 1. The van der Waals surface area contributed by atoms with Crippen LogP contribution in [0.4, 0.5) is 5.69 Å². The number of hydrogen-bond donors (Lipinski definition) is 1. The third kappa shape index (κ3) is 2.43. The van der Waals surface area contributed by atoms with E-state index in [1.807, 2.05) is 6.07 Å². The lowest BCUT2D eigenvalue weighted by atomic mass is 9.71. The van der Waals surface area contributed by atoms with Crippen molar-refractivity contribution in [3.05, 3.63) is 64.1 Å². The molecule has 0 radical (unpaired) electrons. The standard InChI is InChI=1S/C19H21N3O/c1-14-19(16-4-2-3-5-17(16)21-14)7-10-22(11-8-19)13-15-6-9-20-18(23)12-15/h2-6,9,12H,7-8,10-11,13H2,1H3,(H,20,23). The van der Waals surface area contributed by atoms with Gasteiger partial charge in [-0.05, 0) is 56.1 Å². The SMILES string of the molecule is CC1=Nc2ccccc2C12CCN(Cc1cc[nH]c(=O)c1)CC2. The van der Waals surface area contributed by atoms with Crippen LogP contribution >= 0.6 is 0 Å². The van der Waals surface area contributed by atoms with E-state index in [-0.39, 0.29) is 11.0 Å². The molecule has 3 heterocycles. The molecule has 0 bridgehead atoms. The zero-order valence-electron chi connectivity index (χ0n) is 13.4. The minimum Gasteiger partial charge on any atom is -0.329 e. The number of likely N-dealkylation sites (tertiary alicyclic amines) is 1. The van der Waals surface area contributed by atoms with Crippen LogP contribution in [0, 0.1) is 0 Å². The maximum absolute atomic E-state index is 11.4. The summed E-state index contributed by atoms with van der Waals surface area (Å²) in [6, 6.07) is 12.2. The summed E-state index contributed by atoms with van der Waals surface area (Å²) in [5.41, 5.74) is 4.99. The van der Waals surface area contributed by atoms with Gasteiger partial charge in [0.1, 0.15) is 0 Å². The van der Waals surface area contributed by atoms with Gasteiger partial charge in [0, 0.05) is 29.9 Å². The first kappa shape index (κ1) is 14.4. The quantitative estimate of drug-likeness (QED) is 0.927. The second kappa shape index (κ2) is 5.46. The Morgan fingerprint density at radius 2 is 2.00 bits per heavy atom. The van der Waals surface area contributed by atoms with E-state index in [1.54, 1.807) is 12.3 Å². The second-order valence-corrected chi connectivity index (χ2v) is 6.63. The average molecular weight is 307 g/mol. The molecule has 118 valence electrons. The largest absolute Gasteiger partial charge is 0.329 e. The number of fused-ring (bicyclic) bond motifs is 2. The highest BCUT2D eigenvalue weighted by molar-refractivity contribution is 6.00. The minimum absolute atomic E-state index is 0.0244. The molecule has 1 fully saturated rings. The number of pyridine rings is 1. The van der Waals surface area contributed by atoms with Crippen molar-refractivity contribution >= 4 is 11.4 Å². The first-order valence-corrected chi connectivity index (χ1v) is 8.23. The first-order valence-electron chi connectivity index (χ1n) is 8.23. The summed E-state index contributed by atoms with van der Waals surface area (Å²) < 4.78 is 0. The first-order chi connectivity index (χ1) is 11.2. The lowest BCUT2D eigenvalue weighted by Crippen LogP contribution is -2.45. The fourth-order valence-corrected chi connectivity index (χ4v) is 4.03. The molecule has 0 atom stereocenters. The summed E-state index contributed by atoms with van der Waals surface area (Å²) in [5, 5.41) is 0. The summed E-state index contributed by atoms with van der Waals surface area (Å²) in [6.45, 7) is 5.09. The number of nitrogens with one attached hydrogen (secondary N) is 1. The van der Waals surface area contributed by atoms with E-state index in [0.717, 1.165) is 43.7 Å². The number of aliphatic imine (C=N–C) groups is 1. The highest BCUT2D eigenvalue weighted by Gasteiger charge is 2.43. The van der Waals surface area contributed by atoms with Gasteiger partial charge in [-0.25, -0.2) is 0 Å². The lowest BCUT2D eigenvalue weighted by Gasteiger charge is -2.40. The van der Waals surface area contributed by atoms with Crippen molar-refractivity contribution in [2.45, 2.75) is 31.7 Å². The van der Waals surface area contributed by atoms with Gasteiger partial charge in [0.05, 0.1) is 5.69 Å². The van der Waals surface area contributed by atoms with Gasteiger partial charge in [0.2, 0.25) is 5.56 Å². The molecule has 1 aromatic carbocycles. The molecule has 4 nitrogen and oxygen atoms in total. The van der Waals surface area contributed by atoms with Gasteiger partial charge in [-0.2, -0.15) is 0 Å². The molecule has 1 saturated heterocycles. The summed E-state index contributed by atoms with van der Waals surface area (Å²) in [4.78, 5) is 21.3. The predicted octanol–water partition coefficient (Wildman–Crippen LogP) is 3.01. The van der Waals surface area contributed by atoms with E-state index in [1.165, 1.54) is 11.3 Å². The van der Waals surface area contributed by atoms with Crippen LogP contribution in [0.3, 0.4) is 0 Å². The van der Waals surface area contributed by atoms with E-state index in [0.29, 0.717) is 0 Å². The minimum atomic E-state index is -0.0244.